The summed E-state index contributed by atoms with van der Waals surface area (Å²) in [5, 5.41) is 7.46. The number of carbonyl (C=O) groups excluding carboxylic acids is 2. The molecule has 0 aliphatic heterocycles. The smallest absolute Gasteiger partial charge is 0.382 e. The van der Waals surface area contributed by atoms with E-state index in [0.29, 0.717) is 28.6 Å². The van der Waals surface area contributed by atoms with Crippen LogP contribution >= 0.6 is 0 Å². The predicted molar refractivity (Wildman–Crippen MR) is 136 cm³/mol. The number of benzene rings is 2. The fraction of sp³-hybridized carbons (Fsp3) is 0.208. The van der Waals surface area contributed by atoms with Crippen LogP contribution in [0.25, 0.3) is 16.9 Å². The molecule has 7 N–H and O–H groups in total. The first-order chi connectivity index (χ1) is 17.9. The molecule has 2 aromatic carbocycles. The molecule has 2 heterocycles. The van der Waals surface area contributed by atoms with E-state index in [0.717, 1.165) is 12.1 Å². The number of halogens is 3. The second-order valence-corrected chi connectivity index (χ2v) is 9.01. The Morgan fingerprint density at radius 1 is 0.974 bits per heavy atom. The van der Waals surface area contributed by atoms with Gasteiger partial charge in [0.2, 0.25) is 0 Å². The monoisotopic (exact) mass is 527 g/mol. The van der Waals surface area contributed by atoms with Gasteiger partial charge < -0.3 is 27.4 Å². The van der Waals surface area contributed by atoms with Crippen LogP contribution in [0, 0.1) is 0 Å². The standard InChI is InChI=1S/C24H24F3N9O2/c1-23(2,10-28)35-21(37)13-7-14(24(25,26)27)9-16(8-13)34-22(38)33-15-3-5-17(6-4-15)36-12-32-18-19(29)30-11-31-20(18)36/h3-9,11-12H,10,28H2,1-2H3,(H,35,37)(H2,29,30,31)(H2,33,34,38). The molecule has 0 atom stereocenters. The van der Waals surface area contributed by atoms with E-state index in [1.807, 2.05) is 0 Å². The summed E-state index contributed by atoms with van der Waals surface area (Å²) in [4.78, 5) is 37.4. The lowest BCUT2D eigenvalue weighted by Gasteiger charge is -2.24. The Balaban J connectivity index is 1.51. The quantitative estimate of drug-likeness (QED) is 0.256. The Labute approximate surface area is 214 Å². The lowest BCUT2D eigenvalue weighted by molar-refractivity contribution is -0.137. The Hall–Kier alpha value is -4.72. The minimum absolute atomic E-state index is 0.0723. The molecular weight excluding hydrogens is 503 g/mol. The van der Waals surface area contributed by atoms with Gasteiger partial charge in [-0.3, -0.25) is 9.36 Å². The maximum atomic E-state index is 13.5. The van der Waals surface area contributed by atoms with E-state index in [1.54, 1.807) is 42.7 Å². The zero-order valence-corrected chi connectivity index (χ0v) is 20.3. The molecule has 0 unspecified atom stereocenters. The second-order valence-electron chi connectivity index (χ2n) is 9.01. The molecule has 2 aromatic heterocycles. The highest BCUT2D eigenvalue weighted by Crippen LogP contribution is 2.32. The summed E-state index contributed by atoms with van der Waals surface area (Å²) in [6.07, 6.45) is -1.89. The number of imidazole rings is 1. The van der Waals surface area contributed by atoms with E-state index in [9.17, 15) is 22.8 Å². The highest BCUT2D eigenvalue weighted by Gasteiger charge is 2.32. The van der Waals surface area contributed by atoms with Crippen LogP contribution in [0.1, 0.15) is 29.8 Å². The highest BCUT2D eigenvalue weighted by molar-refractivity contribution is 6.01. The molecule has 0 aliphatic rings. The van der Waals surface area contributed by atoms with Gasteiger partial charge in [0.15, 0.2) is 17.0 Å². The number of rotatable bonds is 6. The van der Waals surface area contributed by atoms with Gasteiger partial charge in [-0.2, -0.15) is 13.2 Å². The van der Waals surface area contributed by atoms with Crippen LogP contribution in [0.2, 0.25) is 0 Å². The number of nitrogens with two attached hydrogens (primary N) is 2. The molecule has 0 saturated carbocycles. The Bertz CT molecular complexity index is 1500. The van der Waals surface area contributed by atoms with Crippen molar-refractivity contribution in [3.8, 4) is 5.69 Å². The van der Waals surface area contributed by atoms with Crippen LogP contribution in [-0.2, 0) is 6.18 Å². The summed E-state index contributed by atoms with van der Waals surface area (Å²) in [5.74, 6) is -0.522. The third kappa shape index (κ3) is 5.81. The summed E-state index contributed by atoms with van der Waals surface area (Å²) in [6, 6.07) is 8.34. The van der Waals surface area contributed by atoms with Gasteiger partial charge in [0.25, 0.3) is 5.91 Å². The molecule has 0 saturated heterocycles. The van der Waals surface area contributed by atoms with Crippen molar-refractivity contribution >= 4 is 40.3 Å². The van der Waals surface area contributed by atoms with Crippen molar-refractivity contribution in [1.82, 2.24) is 24.8 Å². The van der Waals surface area contributed by atoms with Gasteiger partial charge in [0, 0.05) is 34.7 Å². The molecule has 14 heteroatoms. The molecule has 3 amide bonds. The van der Waals surface area contributed by atoms with E-state index in [4.69, 9.17) is 11.5 Å². The molecule has 0 aliphatic carbocycles. The van der Waals surface area contributed by atoms with Gasteiger partial charge in [0.05, 0.1) is 5.56 Å². The fourth-order valence-corrected chi connectivity index (χ4v) is 3.47. The van der Waals surface area contributed by atoms with E-state index in [1.165, 1.54) is 12.7 Å². The predicted octanol–water partition coefficient (Wildman–Crippen LogP) is 3.53. The summed E-state index contributed by atoms with van der Waals surface area (Å²) in [5.41, 5.74) is 10.9. The van der Waals surface area contributed by atoms with Crippen molar-refractivity contribution in [1.29, 1.82) is 0 Å². The highest BCUT2D eigenvalue weighted by atomic mass is 19.4. The van der Waals surface area contributed by atoms with E-state index in [2.05, 4.69) is 30.9 Å². The van der Waals surface area contributed by atoms with Crippen LogP contribution in [0.3, 0.4) is 0 Å². The average Bonchev–Trinajstić information content (AvgIpc) is 3.29. The summed E-state index contributed by atoms with van der Waals surface area (Å²) < 4.78 is 42.1. The number of nitrogens with one attached hydrogen (secondary N) is 3. The number of amides is 3. The number of urea groups is 1. The van der Waals surface area contributed by atoms with Crippen LogP contribution in [-0.4, -0.2) is 43.5 Å². The van der Waals surface area contributed by atoms with Crippen molar-refractivity contribution in [2.24, 2.45) is 5.73 Å². The number of fused-ring (bicyclic) bond motifs is 1. The number of nitrogen functional groups attached to an aromatic ring is 1. The minimum atomic E-state index is -4.74. The summed E-state index contributed by atoms with van der Waals surface area (Å²) in [6.45, 7) is 3.34. The first-order valence-electron chi connectivity index (χ1n) is 11.2. The van der Waals surface area contributed by atoms with Crippen LogP contribution < -0.4 is 27.4 Å². The van der Waals surface area contributed by atoms with Gasteiger partial charge >= 0.3 is 12.2 Å². The molecule has 0 radical (unpaired) electrons. The lowest BCUT2D eigenvalue weighted by atomic mass is 10.0. The number of aromatic nitrogens is 4. The molecule has 0 bridgehead atoms. The van der Waals surface area contributed by atoms with E-state index in [-0.39, 0.29) is 23.6 Å². The lowest BCUT2D eigenvalue weighted by Crippen LogP contribution is -2.48. The normalized spacial score (nSPS) is 11.8. The number of hydrogen-bond donors (Lipinski definition) is 5. The molecular formula is C24H24F3N9O2. The van der Waals surface area contributed by atoms with Crippen molar-refractivity contribution in [2.45, 2.75) is 25.6 Å². The average molecular weight is 528 g/mol. The van der Waals surface area contributed by atoms with E-state index < -0.39 is 29.2 Å². The zero-order valence-electron chi connectivity index (χ0n) is 20.3. The van der Waals surface area contributed by atoms with Crippen LogP contribution in [0.4, 0.5) is 35.2 Å². The fourth-order valence-electron chi connectivity index (χ4n) is 3.47. The molecule has 0 fully saturated rings. The van der Waals surface area contributed by atoms with Crippen molar-refractivity contribution < 1.29 is 22.8 Å². The number of carbonyl (C=O) groups is 2. The van der Waals surface area contributed by atoms with E-state index >= 15 is 0 Å². The molecule has 0 spiro atoms. The van der Waals surface area contributed by atoms with Crippen molar-refractivity contribution in [3.63, 3.8) is 0 Å². The Morgan fingerprint density at radius 2 is 1.66 bits per heavy atom. The van der Waals surface area contributed by atoms with Crippen LogP contribution in [0.5, 0.6) is 0 Å². The molecule has 38 heavy (non-hydrogen) atoms. The van der Waals surface area contributed by atoms with Gasteiger partial charge in [0.1, 0.15) is 12.7 Å². The number of nitrogens with zero attached hydrogens (tertiary/aromatic N) is 4. The Morgan fingerprint density at radius 3 is 2.32 bits per heavy atom. The number of anilines is 3. The van der Waals surface area contributed by atoms with Gasteiger partial charge in [-0.1, -0.05) is 0 Å². The van der Waals surface area contributed by atoms with Crippen LogP contribution in [0.15, 0.2) is 55.1 Å². The van der Waals surface area contributed by atoms with Gasteiger partial charge in [-0.05, 0) is 56.3 Å². The molecule has 4 rings (SSSR count). The third-order valence-corrected chi connectivity index (χ3v) is 5.51. The number of alkyl halides is 3. The van der Waals surface area contributed by atoms with Crippen molar-refractivity contribution in [3.05, 3.63) is 66.2 Å². The first-order valence-corrected chi connectivity index (χ1v) is 11.2. The van der Waals surface area contributed by atoms with Gasteiger partial charge in [-0.15, -0.1) is 0 Å². The zero-order chi connectivity index (χ0) is 27.7. The molecule has 4 aromatic rings. The molecule has 198 valence electrons. The number of hydrogen-bond acceptors (Lipinski definition) is 7. The molecule has 11 nitrogen and oxygen atoms in total. The SMILES string of the molecule is CC(C)(CN)NC(=O)c1cc(NC(=O)Nc2ccc(-n3cnc4c(N)ncnc43)cc2)cc(C(F)(F)F)c1. The largest absolute Gasteiger partial charge is 0.416 e. The maximum absolute atomic E-state index is 13.5. The van der Waals surface area contributed by atoms with Gasteiger partial charge in [-0.25, -0.2) is 19.7 Å². The van der Waals surface area contributed by atoms with Crippen molar-refractivity contribution in [2.75, 3.05) is 22.9 Å². The minimum Gasteiger partial charge on any atom is -0.382 e. The Kier molecular flexibility index (Phi) is 6.91. The first kappa shape index (κ1) is 26.3. The third-order valence-electron chi connectivity index (χ3n) is 5.51. The summed E-state index contributed by atoms with van der Waals surface area (Å²) >= 11 is 0. The topological polar surface area (TPSA) is 166 Å². The summed E-state index contributed by atoms with van der Waals surface area (Å²) in [7, 11) is 0. The maximum Gasteiger partial charge on any atom is 0.416 e. The second kappa shape index (κ2) is 9.97.